The molecule has 10 heteroatoms. The van der Waals surface area contributed by atoms with Crippen LogP contribution in [0.3, 0.4) is 0 Å². The van der Waals surface area contributed by atoms with Crippen LogP contribution in [0.2, 0.25) is 10.0 Å². The normalized spacial score (nSPS) is 15.9. The Morgan fingerprint density at radius 1 is 1.00 bits per heavy atom. The maximum absolute atomic E-state index is 13.2. The van der Waals surface area contributed by atoms with Gasteiger partial charge in [0.15, 0.2) is 10.6 Å². The molecule has 1 N–H and O–H groups in total. The Labute approximate surface area is 270 Å². The summed E-state index contributed by atoms with van der Waals surface area (Å²) < 4.78 is 6.24. The highest BCUT2D eigenvalue weighted by atomic mass is 35.5. The first kappa shape index (κ1) is 29.4. The minimum Gasteiger partial charge on any atom is -0.434 e. The molecule has 0 spiro atoms. The molecule has 5 aromatic rings. The second-order valence-electron chi connectivity index (χ2n) is 11.8. The number of halogens is 2. The van der Waals surface area contributed by atoms with Gasteiger partial charge in [0.2, 0.25) is 5.89 Å². The summed E-state index contributed by atoms with van der Waals surface area (Å²) in [5, 5.41) is 4.49. The molecule has 0 bridgehead atoms. The lowest BCUT2D eigenvalue weighted by Crippen LogP contribution is -2.29. The summed E-state index contributed by atoms with van der Waals surface area (Å²) in [5.74, 6) is 0.259. The Kier molecular flexibility index (Phi) is 8.20. The molecule has 226 valence electrons. The number of aromatic nitrogens is 2. The van der Waals surface area contributed by atoms with E-state index in [4.69, 9.17) is 32.6 Å². The quantitative estimate of drug-likeness (QED) is 0.200. The van der Waals surface area contributed by atoms with E-state index >= 15 is 0 Å². The monoisotopic (exact) mass is 645 g/mol. The zero-order chi connectivity index (χ0) is 30.4. The lowest BCUT2D eigenvalue weighted by Gasteiger charge is -2.26. The lowest BCUT2D eigenvalue weighted by molar-refractivity contribution is 0.102. The van der Waals surface area contributed by atoms with Gasteiger partial charge in [0.1, 0.15) is 5.52 Å². The van der Waals surface area contributed by atoms with Crippen LogP contribution in [0.5, 0.6) is 0 Å². The van der Waals surface area contributed by atoms with Crippen molar-refractivity contribution >= 4 is 57.2 Å². The number of likely N-dealkylation sites (tertiary alicyclic amines) is 1. The van der Waals surface area contributed by atoms with Gasteiger partial charge in [-0.1, -0.05) is 53.9 Å². The maximum atomic E-state index is 13.2. The number of hydrogen-bond donors (Lipinski definition) is 1. The van der Waals surface area contributed by atoms with Gasteiger partial charge in [-0.05, 0) is 80.9 Å². The number of nitrogens with zero attached hydrogens (tertiary/aromatic N) is 4. The minimum atomic E-state index is -0.250. The molecule has 0 aliphatic carbocycles. The highest BCUT2D eigenvalue weighted by Gasteiger charge is 2.23. The average molecular weight is 647 g/mol. The van der Waals surface area contributed by atoms with Crippen molar-refractivity contribution in [1.82, 2.24) is 19.8 Å². The zero-order valence-electron chi connectivity index (χ0n) is 24.8. The highest BCUT2D eigenvalue weighted by Crippen LogP contribution is 2.40. The van der Waals surface area contributed by atoms with Crippen LogP contribution in [0.4, 0.5) is 5.69 Å². The van der Waals surface area contributed by atoms with Crippen LogP contribution in [0.25, 0.3) is 33.7 Å². The van der Waals surface area contributed by atoms with E-state index in [9.17, 15) is 4.79 Å². The van der Waals surface area contributed by atoms with E-state index in [-0.39, 0.29) is 5.91 Å². The van der Waals surface area contributed by atoms with E-state index in [0.29, 0.717) is 32.2 Å². The average Bonchev–Trinajstić information content (AvgIpc) is 3.64. The third-order valence-electron chi connectivity index (χ3n) is 8.58. The molecule has 1 fully saturated rings. The maximum Gasteiger partial charge on any atom is 0.284 e. The Morgan fingerprint density at radius 3 is 2.61 bits per heavy atom. The lowest BCUT2D eigenvalue weighted by atomic mass is 9.96. The predicted molar refractivity (Wildman–Crippen MR) is 179 cm³/mol. The van der Waals surface area contributed by atoms with E-state index in [1.807, 2.05) is 49.4 Å². The van der Waals surface area contributed by atoms with Gasteiger partial charge in [-0.25, -0.2) is 9.97 Å². The van der Waals surface area contributed by atoms with Crippen LogP contribution in [0.1, 0.15) is 50.8 Å². The second-order valence-corrected chi connectivity index (χ2v) is 13.6. The summed E-state index contributed by atoms with van der Waals surface area (Å²) in [4.78, 5) is 28.5. The molecule has 0 atom stereocenters. The number of carbonyl (C=O) groups excluding carboxylic acids is 1. The molecular weight excluding hydrogens is 613 g/mol. The van der Waals surface area contributed by atoms with E-state index in [1.54, 1.807) is 0 Å². The number of amides is 1. The van der Waals surface area contributed by atoms with Gasteiger partial charge >= 0.3 is 0 Å². The summed E-state index contributed by atoms with van der Waals surface area (Å²) in [5.41, 5.74) is 7.60. The molecule has 7 rings (SSSR count). The van der Waals surface area contributed by atoms with E-state index in [0.717, 1.165) is 83.0 Å². The van der Waals surface area contributed by atoms with Gasteiger partial charge in [0.25, 0.3) is 5.91 Å². The van der Waals surface area contributed by atoms with Gasteiger partial charge in [-0.15, -0.1) is 11.3 Å². The summed E-state index contributed by atoms with van der Waals surface area (Å²) in [6.45, 7) is 6.88. The largest absolute Gasteiger partial charge is 0.434 e. The number of likely N-dealkylation sites (N-methyl/N-ethyl adjacent to an activating group) is 1. The Hall–Kier alpha value is -3.27. The van der Waals surface area contributed by atoms with Crippen LogP contribution < -0.4 is 5.32 Å². The number of piperidine rings is 1. The summed E-state index contributed by atoms with van der Waals surface area (Å²) >= 11 is 15.1. The molecule has 2 aliphatic rings. The molecule has 0 radical (unpaired) electrons. The summed E-state index contributed by atoms with van der Waals surface area (Å²) in [6.07, 6.45) is 4.64. The molecule has 2 aliphatic heterocycles. The van der Waals surface area contributed by atoms with E-state index in [1.165, 1.54) is 30.6 Å². The van der Waals surface area contributed by atoms with Crippen LogP contribution in [-0.2, 0) is 19.5 Å². The van der Waals surface area contributed by atoms with Crippen molar-refractivity contribution in [3.63, 3.8) is 0 Å². The van der Waals surface area contributed by atoms with Gasteiger partial charge in [0, 0.05) is 42.1 Å². The molecule has 4 heterocycles. The zero-order valence-corrected chi connectivity index (χ0v) is 27.1. The van der Waals surface area contributed by atoms with Gasteiger partial charge in [0.05, 0.1) is 21.4 Å². The first-order valence-electron chi connectivity index (χ1n) is 15.0. The number of oxazole rings is 1. The third-order valence-corrected chi connectivity index (χ3v) is 10.3. The predicted octanol–water partition coefficient (Wildman–Crippen LogP) is 8.46. The van der Waals surface area contributed by atoms with E-state index in [2.05, 4.69) is 33.2 Å². The topological polar surface area (TPSA) is 74.5 Å². The molecule has 7 nitrogen and oxygen atoms in total. The molecular formula is C34H33Cl2N5O2S. The number of benzene rings is 3. The number of anilines is 1. The summed E-state index contributed by atoms with van der Waals surface area (Å²) in [7, 11) is 2.08. The van der Waals surface area contributed by atoms with Crippen molar-refractivity contribution in [3.8, 4) is 22.6 Å². The van der Waals surface area contributed by atoms with Crippen LogP contribution >= 0.6 is 34.5 Å². The minimum absolute atomic E-state index is 0.250. The van der Waals surface area contributed by atoms with Crippen molar-refractivity contribution in [2.24, 2.45) is 0 Å². The molecule has 3 aromatic carbocycles. The number of nitrogens with one attached hydrogen (secondary N) is 1. The van der Waals surface area contributed by atoms with Crippen LogP contribution in [0, 0.1) is 6.92 Å². The number of hydrogen-bond acceptors (Lipinski definition) is 7. The van der Waals surface area contributed by atoms with Crippen molar-refractivity contribution in [3.05, 3.63) is 85.3 Å². The number of rotatable bonds is 6. The fraction of sp³-hybridized carbons (Fsp3) is 0.324. The third kappa shape index (κ3) is 5.77. The Bertz CT molecular complexity index is 1880. The smallest absolute Gasteiger partial charge is 0.284 e. The number of thiazole rings is 1. The van der Waals surface area contributed by atoms with Gasteiger partial charge in [-0.3, -0.25) is 9.69 Å². The first-order chi connectivity index (χ1) is 21.3. The second kappa shape index (κ2) is 12.3. The van der Waals surface area contributed by atoms with Gasteiger partial charge < -0.3 is 14.6 Å². The molecule has 0 unspecified atom stereocenters. The fourth-order valence-corrected chi connectivity index (χ4v) is 7.85. The first-order valence-corrected chi connectivity index (χ1v) is 16.6. The SMILES string of the molecule is Cc1c(-c2nc3cc(CN4CCCCC4)cc(Cl)c3o2)cccc1-c1cccc(NC(=O)c2nc3c(s2)CN(C)CC3)c1Cl. The van der Waals surface area contributed by atoms with Crippen molar-refractivity contribution in [2.75, 3.05) is 32.0 Å². The highest BCUT2D eigenvalue weighted by molar-refractivity contribution is 7.13. The van der Waals surface area contributed by atoms with E-state index < -0.39 is 0 Å². The molecule has 0 saturated carbocycles. The summed E-state index contributed by atoms with van der Waals surface area (Å²) in [6, 6.07) is 15.7. The Morgan fingerprint density at radius 2 is 1.77 bits per heavy atom. The Balaban J connectivity index is 1.16. The van der Waals surface area contributed by atoms with Crippen LogP contribution in [-0.4, -0.2) is 52.4 Å². The van der Waals surface area contributed by atoms with Crippen molar-refractivity contribution in [1.29, 1.82) is 0 Å². The number of fused-ring (bicyclic) bond motifs is 2. The molecule has 2 aromatic heterocycles. The fourth-order valence-electron chi connectivity index (χ4n) is 6.22. The molecule has 44 heavy (non-hydrogen) atoms. The number of carbonyl (C=O) groups is 1. The van der Waals surface area contributed by atoms with Crippen molar-refractivity contribution in [2.45, 2.75) is 45.7 Å². The van der Waals surface area contributed by atoms with Gasteiger partial charge in [-0.2, -0.15) is 0 Å². The molecule has 1 saturated heterocycles. The molecule has 1 amide bonds. The standard InChI is InChI=1S/C34H33Cl2N5O2S/c1-20-22(24-10-7-11-27(30(24)36)37-32(42)34-39-26-12-15-40(2)19-29(26)44-34)8-6-9-23(20)33-38-28-17-21(16-25(35)31(28)43-33)18-41-13-4-3-5-14-41/h6-11,16-17H,3-5,12-15,18-19H2,1-2H3,(H,37,42). The van der Waals surface area contributed by atoms with Crippen molar-refractivity contribution < 1.29 is 9.21 Å². The van der Waals surface area contributed by atoms with Crippen LogP contribution in [0.15, 0.2) is 52.9 Å².